The van der Waals surface area contributed by atoms with Crippen LogP contribution in [-0.2, 0) is 6.54 Å². The summed E-state index contributed by atoms with van der Waals surface area (Å²) in [5.41, 5.74) is 1.14. The first-order chi connectivity index (χ1) is 11.9. The molecular weight excluding hydrogens is 364 g/mol. The van der Waals surface area contributed by atoms with E-state index in [4.69, 9.17) is 23.2 Å². The maximum Gasteiger partial charge on any atom is 0.254 e. The standard InChI is InChI=1S/C18H20Cl2FN3O/c1-23(2)8-3-9-24(12-13-4-5-15(19)16(20)10-13)18(25)14-6-7-22-17(21)11-14/h4-7,10-11H,3,8-9,12H2,1-2H3. The van der Waals surface area contributed by atoms with Gasteiger partial charge in [0.1, 0.15) is 0 Å². The van der Waals surface area contributed by atoms with Crippen molar-refractivity contribution in [1.29, 1.82) is 0 Å². The van der Waals surface area contributed by atoms with Gasteiger partial charge in [-0.05, 0) is 50.8 Å². The van der Waals surface area contributed by atoms with Crippen molar-refractivity contribution < 1.29 is 9.18 Å². The van der Waals surface area contributed by atoms with E-state index in [0.29, 0.717) is 23.1 Å². The molecule has 0 atom stereocenters. The quantitative estimate of drug-likeness (QED) is 0.674. The number of carbonyl (C=O) groups is 1. The van der Waals surface area contributed by atoms with Gasteiger partial charge in [0.15, 0.2) is 0 Å². The molecular formula is C18H20Cl2FN3O. The Hall–Kier alpha value is -1.69. The number of carbonyl (C=O) groups excluding carboxylic acids is 1. The van der Waals surface area contributed by atoms with Gasteiger partial charge in [-0.15, -0.1) is 0 Å². The number of nitrogens with zero attached hydrogens (tertiary/aromatic N) is 3. The van der Waals surface area contributed by atoms with Crippen LogP contribution in [0.15, 0.2) is 36.5 Å². The van der Waals surface area contributed by atoms with E-state index in [-0.39, 0.29) is 11.5 Å². The van der Waals surface area contributed by atoms with Crippen molar-refractivity contribution in [2.24, 2.45) is 0 Å². The van der Waals surface area contributed by atoms with Crippen LogP contribution >= 0.6 is 23.2 Å². The van der Waals surface area contributed by atoms with Crippen LogP contribution in [0.2, 0.25) is 10.0 Å². The summed E-state index contributed by atoms with van der Waals surface area (Å²) in [5, 5.41) is 0.905. The van der Waals surface area contributed by atoms with E-state index < -0.39 is 5.95 Å². The fourth-order valence-corrected chi connectivity index (χ4v) is 2.73. The molecule has 0 aliphatic rings. The molecule has 0 saturated heterocycles. The van der Waals surface area contributed by atoms with Gasteiger partial charge in [-0.3, -0.25) is 4.79 Å². The largest absolute Gasteiger partial charge is 0.334 e. The van der Waals surface area contributed by atoms with Gasteiger partial charge in [0, 0.05) is 30.9 Å². The average molecular weight is 384 g/mol. The zero-order chi connectivity index (χ0) is 18.4. The molecule has 134 valence electrons. The van der Waals surface area contributed by atoms with Gasteiger partial charge in [-0.2, -0.15) is 4.39 Å². The molecule has 7 heteroatoms. The molecule has 0 radical (unpaired) electrons. The van der Waals surface area contributed by atoms with Crippen LogP contribution in [0, 0.1) is 5.95 Å². The molecule has 1 heterocycles. The van der Waals surface area contributed by atoms with Gasteiger partial charge >= 0.3 is 0 Å². The fraction of sp³-hybridized carbons (Fsp3) is 0.333. The topological polar surface area (TPSA) is 36.4 Å². The molecule has 1 aromatic heterocycles. The number of halogens is 3. The number of amides is 1. The number of aromatic nitrogens is 1. The predicted octanol–water partition coefficient (Wildman–Crippen LogP) is 4.12. The molecule has 2 rings (SSSR count). The highest BCUT2D eigenvalue weighted by molar-refractivity contribution is 6.42. The molecule has 4 nitrogen and oxygen atoms in total. The van der Waals surface area contributed by atoms with Crippen molar-refractivity contribution in [1.82, 2.24) is 14.8 Å². The summed E-state index contributed by atoms with van der Waals surface area (Å²) in [6, 6.07) is 7.93. The van der Waals surface area contributed by atoms with E-state index in [2.05, 4.69) is 4.98 Å². The van der Waals surface area contributed by atoms with E-state index in [1.165, 1.54) is 12.3 Å². The van der Waals surface area contributed by atoms with Gasteiger partial charge in [0.25, 0.3) is 5.91 Å². The van der Waals surface area contributed by atoms with Crippen LogP contribution in [0.1, 0.15) is 22.3 Å². The minimum absolute atomic E-state index is 0.244. The monoisotopic (exact) mass is 383 g/mol. The third kappa shape index (κ3) is 5.96. The molecule has 0 bridgehead atoms. The van der Waals surface area contributed by atoms with Crippen LogP contribution < -0.4 is 0 Å². The Kier molecular flexibility index (Phi) is 7.17. The highest BCUT2D eigenvalue weighted by atomic mass is 35.5. The van der Waals surface area contributed by atoms with E-state index in [1.54, 1.807) is 17.0 Å². The van der Waals surface area contributed by atoms with Crippen molar-refractivity contribution in [3.05, 3.63) is 63.6 Å². The summed E-state index contributed by atoms with van der Waals surface area (Å²) in [4.78, 5) is 20.0. The lowest BCUT2D eigenvalue weighted by molar-refractivity contribution is 0.0737. The van der Waals surface area contributed by atoms with E-state index in [9.17, 15) is 9.18 Å². The summed E-state index contributed by atoms with van der Waals surface area (Å²) in [6.07, 6.45) is 2.09. The third-order valence-corrected chi connectivity index (χ3v) is 4.39. The molecule has 0 N–H and O–H groups in total. The Balaban J connectivity index is 2.19. The molecule has 0 aliphatic heterocycles. The first kappa shape index (κ1) is 19.6. The summed E-state index contributed by atoms with van der Waals surface area (Å²) in [6.45, 7) is 1.75. The lowest BCUT2D eigenvalue weighted by Crippen LogP contribution is -2.33. The van der Waals surface area contributed by atoms with Gasteiger partial charge in [-0.25, -0.2) is 4.98 Å². The first-order valence-corrected chi connectivity index (χ1v) is 8.62. The maximum atomic E-state index is 13.4. The second kappa shape index (κ2) is 9.13. The third-order valence-electron chi connectivity index (χ3n) is 3.65. The van der Waals surface area contributed by atoms with E-state index >= 15 is 0 Å². The molecule has 0 fully saturated rings. The highest BCUT2D eigenvalue weighted by Crippen LogP contribution is 2.23. The Morgan fingerprint density at radius 3 is 2.52 bits per heavy atom. The first-order valence-electron chi connectivity index (χ1n) is 7.86. The van der Waals surface area contributed by atoms with Gasteiger partial charge in [-0.1, -0.05) is 29.3 Å². The smallest absolute Gasteiger partial charge is 0.254 e. The molecule has 0 unspecified atom stereocenters. The SMILES string of the molecule is CN(C)CCCN(Cc1ccc(Cl)c(Cl)c1)C(=O)c1ccnc(F)c1. The Bertz CT molecular complexity index is 740. The second-order valence-corrected chi connectivity index (χ2v) is 6.81. The maximum absolute atomic E-state index is 13.4. The molecule has 1 aromatic carbocycles. The van der Waals surface area contributed by atoms with Crippen LogP contribution in [0.5, 0.6) is 0 Å². The fourth-order valence-electron chi connectivity index (χ4n) is 2.41. The Labute approximate surface area is 157 Å². The molecule has 1 amide bonds. The summed E-state index contributed by atoms with van der Waals surface area (Å²) >= 11 is 12.0. The van der Waals surface area contributed by atoms with Gasteiger partial charge in [0.2, 0.25) is 5.95 Å². The molecule has 0 spiro atoms. The Morgan fingerprint density at radius 2 is 1.88 bits per heavy atom. The van der Waals surface area contributed by atoms with E-state index in [1.807, 2.05) is 25.1 Å². The lowest BCUT2D eigenvalue weighted by Gasteiger charge is -2.24. The molecule has 2 aromatic rings. The highest BCUT2D eigenvalue weighted by Gasteiger charge is 2.17. The molecule has 0 saturated carbocycles. The predicted molar refractivity (Wildman–Crippen MR) is 98.6 cm³/mol. The van der Waals surface area contributed by atoms with E-state index in [0.717, 1.165) is 24.6 Å². The average Bonchev–Trinajstić information content (AvgIpc) is 2.56. The van der Waals surface area contributed by atoms with Crippen molar-refractivity contribution in [2.75, 3.05) is 27.2 Å². The van der Waals surface area contributed by atoms with Crippen molar-refractivity contribution in [3.8, 4) is 0 Å². The number of hydrogen-bond acceptors (Lipinski definition) is 3. The summed E-state index contributed by atoms with van der Waals surface area (Å²) < 4.78 is 13.4. The zero-order valence-electron chi connectivity index (χ0n) is 14.2. The lowest BCUT2D eigenvalue weighted by atomic mass is 10.1. The van der Waals surface area contributed by atoms with Crippen LogP contribution in [0.4, 0.5) is 4.39 Å². The number of rotatable bonds is 7. The van der Waals surface area contributed by atoms with Crippen LogP contribution in [0.25, 0.3) is 0 Å². The molecule has 0 aliphatic carbocycles. The minimum Gasteiger partial charge on any atom is -0.334 e. The summed E-state index contributed by atoms with van der Waals surface area (Å²) in [7, 11) is 3.95. The number of benzene rings is 1. The van der Waals surface area contributed by atoms with Crippen molar-refractivity contribution >= 4 is 29.1 Å². The molecule has 25 heavy (non-hydrogen) atoms. The Morgan fingerprint density at radius 1 is 1.12 bits per heavy atom. The number of pyridine rings is 1. The van der Waals surface area contributed by atoms with Gasteiger partial charge in [0.05, 0.1) is 10.0 Å². The summed E-state index contributed by atoms with van der Waals surface area (Å²) in [5.74, 6) is -0.917. The second-order valence-electron chi connectivity index (χ2n) is 6.00. The van der Waals surface area contributed by atoms with Crippen LogP contribution in [-0.4, -0.2) is 47.9 Å². The van der Waals surface area contributed by atoms with Crippen molar-refractivity contribution in [3.63, 3.8) is 0 Å². The van der Waals surface area contributed by atoms with Crippen LogP contribution in [0.3, 0.4) is 0 Å². The number of hydrogen-bond donors (Lipinski definition) is 0. The normalized spacial score (nSPS) is 11.0. The zero-order valence-corrected chi connectivity index (χ0v) is 15.7. The van der Waals surface area contributed by atoms with Gasteiger partial charge < -0.3 is 9.80 Å². The minimum atomic E-state index is -0.673. The van der Waals surface area contributed by atoms with Crippen molar-refractivity contribution in [2.45, 2.75) is 13.0 Å².